The maximum atomic E-state index is 12.5. The minimum absolute atomic E-state index is 0.00427. The maximum absolute atomic E-state index is 12.5. The van der Waals surface area contributed by atoms with Crippen LogP contribution in [0, 0.1) is 0 Å². The van der Waals surface area contributed by atoms with Gasteiger partial charge in [0, 0.05) is 0 Å². The van der Waals surface area contributed by atoms with Gasteiger partial charge in [0.2, 0.25) is 0 Å². The van der Waals surface area contributed by atoms with Crippen LogP contribution in [0.4, 0.5) is 0 Å². The number of carbonyl (C=O) groups excluding carboxylic acids is 3. The number of rotatable bonds is 4. The first kappa shape index (κ1) is 16.5. The topological polar surface area (TPSA) is 109 Å². The lowest BCUT2D eigenvalue weighted by Crippen LogP contribution is -2.51. The van der Waals surface area contributed by atoms with Crippen molar-refractivity contribution in [3.05, 3.63) is 41.4 Å². The Morgan fingerprint density at radius 3 is 2.70 bits per heavy atom. The molecule has 2 rings (SSSR count). The number of carbonyl (C=O) groups is 3. The lowest BCUT2D eigenvalue weighted by atomic mass is 10.0. The summed E-state index contributed by atoms with van der Waals surface area (Å²) in [6.45, 7) is 1.34. The van der Waals surface area contributed by atoms with E-state index in [0.29, 0.717) is 5.56 Å². The minimum Gasteiger partial charge on any atom is -0.457 e. The van der Waals surface area contributed by atoms with Gasteiger partial charge in [-0.15, -0.1) is 0 Å². The quantitative estimate of drug-likeness (QED) is 0.262. The largest absolute Gasteiger partial charge is 0.463 e. The van der Waals surface area contributed by atoms with Crippen LogP contribution in [-0.2, 0) is 23.9 Å². The molecule has 0 N–H and O–H groups in total. The normalized spacial score (nSPS) is 17.3. The third-order valence-corrected chi connectivity index (χ3v) is 3.26. The first-order valence-electron chi connectivity index (χ1n) is 6.98. The average Bonchev–Trinajstić information content (AvgIpc) is 2.56. The molecular weight excluding hydrogens is 302 g/mol. The van der Waals surface area contributed by atoms with Gasteiger partial charge >= 0.3 is 17.6 Å². The molecule has 1 aliphatic rings. The van der Waals surface area contributed by atoms with Gasteiger partial charge in [0.1, 0.15) is 6.61 Å². The lowest BCUT2D eigenvalue weighted by Gasteiger charge is -2.32. The molecule has 1 saturated heterocycles. The summed E-state index contributed by atoms with van der Waals surface area (Å²) in [7, 11) is 0. The molecule has 0 bridgehead atoms. The van der Waals surface area contributed by atoms with Gasteiger partial charge < -0.3 is 15.0 Å². The summed E-state index contributed by atoms with van der Waals surface area (Å²) in [5, 5.41) is 0. The summed E-state index contributed by atoms with van der Waals surface area (Å²) >= 11 is 0. The molecule has 1 fully saturated rings. The highest BCUT2D eigenvalue weighted by Crippen LogP contribution is 2.25. The maximum Gasteiger partial charge on any atom is 0.463 e. The number of ether oxygens (including phenoxy) is 2. The number of nitrogens with zero attached hydrogens (tertiary/aromatic N) is 3. The van der Waals surface area contributed by atoms with Gasteiger partial charge in [-0.1, -0.05) is 30.3 Å². The second-order valence-corrected chi connectivity index (χ2v) is 4.68. The van der Waals surface area contributed by atoms with Gasteiger partial charge in [0.15, 0.2) is 0 Å². The molecule has 1 aromatic carbocycles. The molecule has 0 aliphatic carbocycles. The number of amides is 2. The fraction of sp³-hybridized carbons (Fsp3) is 0.333. The number of benzene rings is 1. The molecule has 1 atom stereocenters. The summed E-state index contributed by atoms with van der Waals surface area (Å²) < 4.78 is 9.85. The van der Waals surface area contributed by atoms with Crippen molar-refractivity contribution in [2.24, 2.45) is 0 Å². The first-order valence-corrected chi connectivity index (χ1v) is 6.98. The third kappa shape index (κ3) is 3.50. The lowest BCUT2D eigenvalue weighted by molar-refractivity contribution is -0.159. The van der Waals surface area contributed by atoms with E-state index in [-0.39, 0.29) is 19.8 Å². The Labute approximate surface area is 132 Å². The van der Waals surface area contributed by atoms with E-state index in [2.05, 4.69) is 9.53 Å². The van der Waals surface area contributed by atoms with E-state index in [1.54, 1.807) is 37.3 Å². The molecule has 0 saturated carbocycles. The Balaban J connectivity index is 2.35. The van der Waals surface area contributed by atoms with E-state index in [9.17, 15) is 14.4 Å². The molecule has 120 valence electrons. The SMILES string of the molecule is CCOC(=O)C(=[N+]=[N-])C(=O)N1C(=O)COC[C@H]1c1ccccc1. The first-order chi connectivity index (χ1) is 11.1. The molecule has 8 heteroatoms. The Bertz CT molecular complexity index is 667. The summed E-state index contributed by atoms with van der Waals surface area (Å²) in [6.07, 6.45) is 0. The van der Waals surface area contributed by atoms with Crippen LogP contribution in [-0.4, -0.2) is 53.0 Å². The number of morpholine rings is 1. The fourth-order valence-electron chi connectivity index (χ4n) is 2.24. The highest BCUT2D eigenvalue weighted by Gasteiger charge is 2.43. The molecule has 1 heterocycles. The van der Waals surface area contributed by atoms with E-state index in [1.165, 1.54) is 0 Å². The molecule has 0 spiro atoms. The van der Waals surface area contributed by atoms with Crippen LogP contribution < -0.4 is 0 Å². The average molecular weight is 317 g/mol. The number of hydrogen-bond donors (Lipinski definition) is 0. The third-order valence-electron chi connectivity index (χ3n) is 3.26. The number of esters is 1. The zero-order chi connectivity index (χ0) is 16.8. The molecule has 0 aromatic heterocycles. The highest BCUT2D eigenvalue weighted by atomic mass is 16.5. The van der Waals surface area contributed by atoms with Crippen LogP contribution in [0.15, 0.2) is 30.3 Å². The monoisotopic (exact) mass is 317 g/mol. The summed E-state index contributed by atoms with van der Waals surface area (Å²) in [5.74, 6) is -2.74. The van der Waals surface area contributed by atoms with Crippen LogP contribution in [0.2, 0.25) is 0 Å². The van der Waals surface area contributed by atoms with Gasteiger partial charge in [-0.3, -0.25) is 14.5 Å². The zero-order valence-electron chi connectivity index (χ0n) is 12.5. The molecule has 2 amide bonds. The second-order valence-electron chi connectivity index (χ2n) is 4.68. The highest BCUT2D eigenvalue weighted by molar-refractivity contribution is 6.62. The standard InChI is InChI=1S/C15H15N3O5/c1-2-23-15(21)13(17-16)14(20)18-11(8-22-9-12(18)19)10-6-4-3-5-7-10/h3-7,11H,2,8-9H2,1H3/t11-/m0/s1. The smallest absolute Gasteiger partial charge is 0.457 e. The minimum atomic E-state index is -1.09. The van der Waals surface area contributed by atoms with Crippen LogP contribution in [0.25, 0.3) is 5.53 Å². The van der Waals surface area contributed by atoms with Crippen LogP contribution in [0.3, 0.4) is 0 Å². The van der Waals surface area contributed by atoms with Crippen molar-refractivity contribution in [1.82, 2.24) is 4.90 Å². The van der Waals surface area contributed by atoms with Gasteiger partial charge in [0.05, 0.1) is 19.3 Å². The summed E-state index contributed by atoms with van der Waals surface area (Å²) in [4.78, 5) is 39.9. The molecule has 23 heavy (non-hydrogen) atoms. The van der Waals surface area contributed by atoms with Gasteiger partial charge in [-0.2, -0.15) is 4.79 Å². The van der Waals surface area contributed by atoms with E-state index in [4.69, 9.17) is 10.3 Å². The van der Waals surface area contributed by atoms with Crippen LogP contribution in [0.1, 0.15) is 18.5 Å². The van der Waals surface area contributed by atoms with Crippen molar-refractivity contribution >= 4 is 23.5 Å². The predicted molar refractivity (Wildman–Crippen MR) is 77.1 cm³/mol. The van der Waals surface area contributed by atoms with Gasteiger partial charge in [-0.05, 0) is 12.5 Å². The van der Waals surface area contributed by atoms with Crippen molar-refractivity contribution in [2.45, 2.75) is 13.0 Å². The molecule has 1 aliphatic heterocycles. The number of hydrogen-bond acceptors (Lipinski definition) is 5. The van der Waals surface area contributed by atoms with Gasteiger partial charge in [-0.25, -0.2) is 4.79 Å². The fourth-order valence-corrected chi connectivity index (χ4v) is 2.24. The molecule has 0 radical (unpaired) electrons. The Morgan fingerprint density at radius 2 is 2.09 bits per heavy atom. The Kier molecular flexibility index (Phi) is 5.35. The molecular formula is C15H15N3O5. The van der Waals surface area contributed by atoms with Crippen molar-refractivity contribution in [3.63, 3.8) is 0 Å². The van der Waals surface area contributed by atoms with Gasteiger partial charge in [0.25, 0.3) is 5.91 Å². The number of imide groups is 1. The second kappa shape index (κ2) is 7.44. The summed E-state index contributed by atoms with van der Waals surface area (Å²) in [5.41, 5.74) is 8.78. The van der Waals surface area contributed by atoms with E-state index < -0.39 is 29.5 Å². The van der Waals surface area contributed by atoms with E-state index in [1.807, 2.05) is 0 Å². The molecule has 1 aromatic rings. The van der Waals surface area contributed by atoms with Crippen LogP contribution in [0.5, 0.6) is 0 Å². The van der Waals surface area contributed by atoms with Crippen molar-refractivity contribution < 1.29 is 28.6 Å². The predicted octanol–water partition coefficient (Wildman–Crippen LogP) is 0.347. The Hall–Kier alpha value is -2.83. The van der Waals surface area contributed by atoms with E-state index in [0.717, 1.165) is 4.90 Å². The zero-order valence-corrected chi connectivity index (χ0v) is 12.5. The summed E-state index contributed by atoms with van der Waals surface area (Å²) in [6, 6.07) is 8.05. The van der Waals surface area contributed by atoms with E-state index >= 15 is 0 Å². The van der Waals surface area contributed by atoms with Crippen LogP contribution >= 0.6 is 0 Å². The van der Waals surface area contributed by atoms with Crippen molar-refractivity contribution in [1.29, 1.82) is 0 Å². The Morgan fingerprint density at radius 1 is 1.39 bits per heavy atom. The molecule has 8 nitrogen and oxygen atoms in total. The molecule has 0 unspecified atom stereocenters. The van der Waals surface area contributed by atoms with Crippen molar-refractivity contribution in [2.75, 3.05) is 19.8 Å². The van der Waals surface area contributed by atoms with Crippen molar-refractivity contribution in [3.8, 4) is 0 Å².